The molecule has 0 aliphatic heterocycles. The standard InChI is InChI=1S/C9H11N3O3/c10-8(13)7-9(14)11-4-6(12-7)15-5-2-1-3-5/h4-5H,1-3H2,(H2,10,13)(H,11,14). The molecule has 1 heterocycles. The largest absolute Gasteiger partial charge is 0.492 e. The Morgan fingerprint density at radius 1 is 1.60 bits per heavy atom. The fourth-order valence-electron chi connectivity index (χ4n) is 1.25. The topological polar surface area (TPSA) is 98.3 Å². The normalized spacial score (nSPS) is 15.7. The van der Waals surface area contributed by atoms with Crippen molar-refractivity contribution < 1.29 is 14.6 Å². The van der Waals surface area contributed by atoms with Gasteiger partial charge in [0.25, 0.3) is 5.91 Å². The van der Waals surface area contributed by atoms with E-state index in [-0.39, 0.29) is 17.7 Å². The van der Waals surface area contributed by atoms with Crippen LogP contribution in [0.3, 0.4) is 0 Å². The first-order valence-corrected chi connectivity index (χ1v) is 4.69. The van der Waals surface area contributed by atoms with Gasteiger partial charge in [-0.2, -0.15) is 0 Å². The Morgan fingerprint density at radius 3 is 2.87 bits per heavy atom. The van der Waals surface area contributed by atoms with Crippen molar-refractivity contribution in [3.8, 4) is 11.8 Å². The maximum Gasteiger partial charge on any atom is 0.273 e. The van der Waals surface area contributed by atoms with Crippen molar-refractivity contribution >= 4 is 5.91 Å². The van der Waals surface area contributed by atoms with Crippen LogP contribution in [0.15, 0.2) is 6.20 Å². The molecule has 0 bridgehead atoms. The van der Waals surface area contributed by atoms with Gasteiger partial charge in [-0.1, -0.05) is 0 Å². The maximum absolute atomic E-state index is 10.8. The number of hydrogen-bond acceptors (Lipinski definition) is 5. The van der Waals surface area contributed by atoms with Crippen LogP contribution in [-0.2, 0) is 0 Å². The first-order valence-electron chi connectivity index (χ1n) is 4.69. The highest BCUT2D eigenvalue weighted by Crippen LogP contribution is 2.24. The zero-order valence-electron chi connectivity index (χ0n) is 8.01. The Labute approximate surface area is 86.1 Å². The molecular formula is C9H11N3O3. The van der Waals surface area contributed by atoms with Crippen LogP contribution in [0.5, 0.6) is 11.8 Å². The number of rotatable bonds is 3. The summed E-state index contributed by atoms with van der Waals surface area (Å²) in [5.41, 5.74) is 4.75. The van der Waals surface area contributed by atoms with E-state index in [2.05, 4.69) is 9.97 Å². The lowest BCUT2D eigenvalue weighted by Crippen LogP contribution is -2.25. The van der Waals surface area contributed by atoms with Gasteiger partial charge in [0, 0.05) is 0 Å². The molecule has 80 valence electrons. The minimum absolute atomic E-state index is 0.143. The van der Waals surface area contributed by atoms with E-state index in [1.165, 1.54) is 6.20 Å². The Bertz CT molecular complexity index is 390. The molecule has 0 aromatic carbocycles. The predicted octanol–water partition coefficient (Wildman–Crippen LogP) is 0.212. The zero-order chi connectivity index (χ0) is 10.8. The third-order valence-corrected chi connectivity index (χ3v) is 2.30. The van der Waals surface area contributed by atoms with Crippen molar-refractivity contribution in [3.63, 3.8) is 0 Å². The van der Waals surface area contributed by atoms with Crippen molar-refractivity contribution in [1.29, 1.82) is 0 Å². The summed E-state index contributed by atoms with van der Waals surface area (Å²) in [6.45, 7) is 0. The number of ether oxygens (including phenoxy) is 1. The molecule has 1 aromatic rings. The number of amides is 1. The molecule has 0 atom stereocenters. The van der Waals surface area contributed by atoms with E-state index in [1.54, 1.807) is 0 Å². The molecule has 1 aliphatic carbocycles. The van der Waals surface area contributed by atoms with Gasteiger partial charge in [0.05, 0.1) is 6.20 Å². The van der Waals surface area contributed by atoms with Crippen LogP contribution >= 0.6 is 0 Å². The second kappa shape index (κ2) is 3.72. The predicted molar refractivity (Wildman–Crippen MR) is 50.5 cm³/mol. The molecule has 15 heavy (non-hydrogen) atoms. The number of nitrogens with zero attached hydrogens (tertiary/aromatic N) is 2. The van der Waals surface area contributed by atoms with Crippen LogP contribution in [0, 0.1) is 0 Å². The van der Waals surface area contributed by atoms with Crippen molar-refractivity contribution in [3.05, 3.63) is 11.9 Å². The van der Waals surface area contributed by atoms with Crippen molar-refractivity contribution in [1.82, 2.24) is 9.97 Å². The minimum Gasteiger partial charge on any atom is -0.492 e. The second-order valence-electron chi connectivity index (χ2n) is 3.42. The number of primary amides is 1. The highest BCUT2D eigenvalue weighted by atomic mass is 16.5. The number of carbonyl (C=O) groups is 1. The Balaban J connectivity index is 2.17. The first-order chi connectivity index (χ1) is 7.16. The van der Waals surface area contributed by atoms with Gasteiger partial charge in [-0.25, -0.2) is 9.97 Å². The molecule has 0 spiro atoms. The average Bonchev–Trinajstić information content (AvgIpc) is 2.13. The average molecular weight is 209 g/mol. The quantitative estimate of drug-likeness (QED) is 0.741. The fraction of sp³-hybridized carbons (Fsp3) is 0.444. The van der Waals surface area contributed by atoms with Crippen LogP contribution in [-0.4, -0.2) is 27.1 Å². The van der Waals surface area contributed by atoms with Crippen molar-refractivity contribution in [2.75, 3.05) is 0 Å². The number of aromatic nitrogens is 2. The summed E-state index contributed by atoms with van der Waals surface area (Å²) < 4.78 is 5.40. The molecule has 0 unspecified atom stereocenters. The van der Waals surface area contributed by atoms with Crippen LogP contribution < -0.4 is 10.5 Å². The molecule has 3 N–H and O–H groups in total. The maximum atomic E-state index is 10.8. The summed E-state index contributed by atoms with van der Waals surface area (Å²) in [6, 6.07) is 0. The third kappa shape index (κ3) is 1.98. The molecular weight excluding hydrogens is 198 g/mol. The third-order valence-electron chi connectivity index (χ3n) is 2.30. The van der Waals surface area contributed by atoms with Gasteiger partial charge in [-0.15, -0.1) is 0 Å². The van der Waals surface area contributed by atoms with E-state index in [0.717, 1.165) is 19.3 Å². The van der Waals surface area contributed by atoms with E-state index in [9.17, 15) is 9.90 Å². The van der Waals surface area contributed by atoms with E-state index < -0.39 is 11.8 Å². The summed E-state index contributed by atoms with van der Waals surface area (Å²) in [6.07, 6.45) is 4.52. The Kier molecular flexibility index (Phi) is 2.40. The summed E-state index contributed by atoms with van der Waals surface area (Å²) >= 11 is 0. The summed E-state index contributed by atoms with van der Waals surface area (Å²) in [5, 5.41) is 9.18. The highest BCUT2D eigenvalue weighted by Gasteiger charge is 2.21. The van der Waals surface area contributed by atoms with Gasteiger partial charge in [0.15, 0.2) is 5.69 Å². The van der Waals surface area contributed by atoms with E-state index in [0.29, 0.717) is 0 Å². The Morgan fingerprint density at radius 2 is 2.33 bits per heavy atom. The molecule has 6 heteroatoms. The van der Waals surface area contributed by atoms with E-state index >= 15 is 0 Å². The van der Waals surface area contributed by atoms with Crippen LogP contribution in [0.2, 0.25) is 0 Å². The van der Waals surface area contributed by atoms with E-state index in [1.807, 2.05) is 0 Å². The summed E-state index contributed by atoms with van der Waals surface area (Å²) in [7, 11) is 0. The van der Waals surface area contributed by atoms with Gasteiger partial charge in [0.2, 0.25) is 11.8 Å². The van der Waals surface area contributed by atoms with Crippen molar-refractivity contribution in [2.24, 2.45) is 5.73 Å². The van der Waals surface area contributed by atoms with Gasteiger partial charge in [0.1, 0.15) is 6.10 Å². The Hall–Kier alpha value is -1.85. The number of hydrogen-bond donors (Lipinski definition) is 2. The first kappa shape index (κ1) is 9.70. The molecule has 0 saturated heterocycles. The molecule has 6 nitrogen and oxygen atoms in total. The monoisotopic (exact) mass is 209 g/mol. The molecule has 1 amide bonds. The molecule has 1 fully saturated rings. The number of carbonyl (C=O) groups excluding carboxylic acids is 1. The van der Waals surface area contributed by atoms with Crippen molar-refractivity contribution in [2.45, 2.75) is 25.4 Å². The molecule has 1 saturated carbocycles. The van der Waals surface area contributed by atoms with E-state index in [4.69, 9.17) is 10.5 Å². The lowest BCUT2D eigenvalue weighted by Gasteiger charge is -2.25. The molecule has 1 aliphatic rings. The van der Waals surface area contributed by atoms with Gasteiger partial charge in [-0.3, -0.25) is 4.79 Å². The lowest BCUT2D eigenvalue weighted by atomic mass is 9.96. The minimum atomic E-state index is -0.820. The highest BCUT2D eigenvalue weighted by molar-refractivity contribution is 5.92. The lowest BCUT2D eigenvalue weighted by molar-refractivity contribution is 0.0977. The second-order valence-corrected chi connectivity index (χ2v) is 3.42. The molecule has 1 aromatic heterocycles. The van der Waals surface area contributed by atoms with Gasteiger partial charge >= 0.3 is 0 Å². The fourth-order valence-corrected chi connectivity index (χ4v) is 1.25. The number of aromatic hydroxyl groups is 1. The molecule has 2 rings (SSSR count). The van der Waals surface area contributed by atoms with Gasteiger partial charge < -0.3 is 15.6 Å². The SMILES string of the molecule is NC(=O)c1nc(OC2CCC2)cnc1O. The zero-order valence-corrected chi connectivity index (χ0v) is 8.01. The number of nitrogens with two attached hydrogens (primary N) is 1. The smallest absolute Gasteiger partial charge is 0.273 e. The van der Waals surface area contributed by atoms with Crippen LogP contribution in [0.25, 0.3) is 0 Å². The summed E-state index contributed by atoms with van der Waals surface area (Å²) in [5.74, 6) is -1.06. The summed E-state index contributed by atoms with van der Waals surface area (Å²) in [4.78, 5) is 18.2. The molecule has 0 radical (unpaired) electrons. The van der Waals surface area contributed by atoms with Gasteiger partial charge in [-0.05, 0) is 19.3 Å². The van der Waals surface area contributed by atoms with Crippen LogP contribution in [0.1, 0.15) is 29.8 Å². The van der Waals surface area contributed by atoms with Crippen LogP contribution in [0.4, 0.5) is 0 Å².